The number of aromatic amines is 1. The third-order valence-corrected chi connectivity index (χ3v) is 5.27. The van der Waals surface area contributed by atoms with Crippen molar-refractivity contribution in [3.8, 4) is 11.3 Å². The van der Waals surface area contributed by atoms with Gasteiger partial charge in [0.15, 0.2) is 0 Å². The third-order valence-electron chi connectivity index (χ3n) is 5.04. The van der Waals surface area contributed by atoms with E-state index in [0.29, 0.717) is 0 Å². The maximum absolute atomic E-state index is 6.23. The van der Waals surface area contributed by atoms with E-state index in [-0.39, 0.29) is 0 Å². The van der Waals surface area contributed by atoms with Gasteiger partial charge in [0, 0.05) is 47.8 Å². The molecule has 2 heterocycles. The molecule has 25 heavy (non-hydrogen) atoms. The predicted octanol–water partition coefficient (Wildman–Crippen LogP) is 4.33. The topological polar surface area (TPSA) is 31.1 Å². The van der Waals surface area contributed by atoms with Gasteiger partial charge in [0.1, 0.15) is 0 Å². The second-order valence-corrected chi connectivity index (χ2v) is 7.17. The molecule has 1 aliphatic rings. The zero-order chi connectivity index (χ0) is 17.1. The number of nitrogens with zero attached hydrogens (tertiary/aromatic N) is 1. The van der Waals surface area contributed by atoms with Crippen LogP contribution in [0.15, 0.2) is 48.5 Å². The second kappa shape index (κ2) is 7.61. The van der Waals surface area contributed by atoms with Crippen LogP contribution in [0.4, 0.5) is 0 Å². The van der Waals surface area contributed by atoms with Gasteiger partial charge < -0.3 is 15.2 Å². The van der Waals surface area contributed by atoms with Crippen LogP contribution in [0.2, 0.25) is 5.02 Å². The number of benzene rings is 2. The first-order valence-corrected chi connectivity index (χ1v) is 9.48. The van der Waals surface area contributed by atoms with Crippen molar-refractivity contribution in [3.05, 3.63) is 59.1 Å². The lowest BCUT2D eigenvalue weighted by Gasteiger charge is -2.27. The number of fused-ring (bicyclic) bond motifs is 1. The summed E-state index contributed by atoms with van der Waals surface area (Å²) in [5.74, 6) is 0. The molecule has 0 unspecified atom stereocenters. The largest absolute Gasteiger partial charge is 0.354 e. The molecular weight excluding hydrogens is 330 g/mol. The molecule has 1 aromatic heterocycles. The molecule has 1 fully saturated rings. The van der Waals surface area contributed by atoms with Gasteiger partial charge in [0.2, 0.25) is 0 Å². The van der Waals surface area contributed by atoms with Crippen molar-refractivity contribution in [3.63, 3.8) is 0 Å². The molecule has 0 atom stereocenters. The maximum atomic E-state index is 6.23. The average Bonchev–Trinajstić information content (AvgIpc) is 3.02. The number of halogens is 1. The minimum atomic E-state index is 0.780. The smallest absolute Gasteiger partial charge is 0.0497 e. The normalized spacial score (nSPS) is 15.7. The Kier molecular flexibility index (Phi) is 5.07. The van der Waals surface area contributed by atoms with E-state index >= 15 is 0 Å². The van der Waals surface area contributed by atoms with Gasteiger partial charge in [-0.05, 0) is 48.7 Å². The first-order valence-electron chi connectivity index (χ1n) is 9.10. The van der Waals surface area contributed by atoms with Crippen LogP contribution in [0.3, 0.4) is 0 Å². The summed E-state index contributed by atoms with van der Waals surface area (Å²) in [6.07, 6.45) is 2.26. The third kappa shape index (κ3) is 3.74. The summed E-state index contributed by atoms with van der Waals surface area (Å²) in [6.45, 7) is 5.71. The fourth-order valence-electron chi connectivity index (χ4n) is 3.76. The lowest BCUT2D eigenvalue weighted by molar-refractivity contribution is 0.238. The van der Waals surface area contributed by atoms with Crippen molar-refractivity contribution in [1.82, 2.24) is 15.2 Å². The Morgan fingerprint density at radius 2 is 1.84 bits per heavy atom. The number of hydrogen-bond donors (Lipinski definition) is 2. The Balaban J connectivity index is 1.60. The molecule has 1 aliphatic heterocycles. The maximum Gasteiger partial charge on any atom is 0.0497 e. The number of para-hydroxylation sites is 1. The van der Waals surface area contributed by atoms with Crippen LogP contribution in [0.5, 0.6) is 0 Å². The first kappa shape index (κ1) is 16.6. The Morgan fingerprint density at radius 3 is 2.68 bits per heavy atom. The van der Waals surface area contributed by atoms with Crippen LogP contribution < -0.4 is 5.32 Å². The number of nitrogens with one attached hydrogen (secondary N) is 2. The summed E-state index contributed by atoms with van der Waals surface area (Å²) in [7, 11) is 0. The van der Waals surface area contributed by atoms with Crippen molar-refractivity contribution in [1.29, 1.82) is 0 Å². The highest BCUT2D eigenvalue weighted by Crippen LogP contribution is 2.32. The van der Waals surface area contributed by atoms with Crippen molar-refractivity contribution < 1.29 is 0 Å². The molecule has 2 aromatic carbocycles. The van der Waals surface area contributed by atoms with Gasteiger partial charge >= 0.3 is 0 Å². The fourth-order valence-corrected chi connectivity index (χ4v) is 3.95. The number of aromatic nitrogens is 1. The van der Waals surface area contributed by atoms with E-state index in [1.54, 1.807) is 0 Å². The Hall–Kier alpha value is -1.81. The fraction of sp³-hybridized carbons (Fsp3) is 0.333. The molecule has 0 aliphatic carbocycles. The van der Waals surface area contributed by atoms with E-state index in [9.17, 15) is 0 Å². The molecule has 3 aromatic rings. The second-order valence-electron chi connectivity index (χ2n) is 6.73. The van der Waals surface area contributed by atoms with Crippen molar-refractivity contribution in [2.45, 2.75) is 12.8 Å². The lowest BCUT2D eigenvalue weighted by Crippen LogP contribution is -2.43. The summed E-state index contributed by atoms with van der Waals surface area (Å²) < 4.78 is 0. The van der Waals surface area contributed by atoms with Crippen molar-refractivity contribution in [2.24, 2.45) is 0 Å². The van der Waals surface area contributed by atoms with Gasteiger partial charge in [-0.15, -0.1) is 0 Å². The van der Waals surface area contributed by atoms with Gasteiger partial charge in [0.05, 0.1) is 0 Å². The highest BCUT2D eigenvalue weighted by molar-refractivity contribution is 6.30. The van der Waals surface area contributed by atoms with Gasteiger partial charge in [-0.2, -0.15) is 0 Å². The number of aryl methyl sites for hydroxylation is 1. The monoisotopic (exact) mass is 353 g/mol. The molecule has 2 N–H and O–H groups in total. The number of piperazine rings is 1. The van der Waals surface area contributed by atoms with Gasteiger partial charge in [-0.1, -0.05) is 41.9 Å². The van der Waals surface area contributed by atoms with Crippen LogP contribution >= 0.6 is 11.6 Å². The molecule has 4 rings (SSSR count). The molecule has 0 saturated carbocycles. The summed E-state index contributed by atoms with van der Waals surface area (Å²) >= 11 is 6.23. The standard InChI is InChI=1S/C21H24ClN3/c22-17-6-3-5-16(15-17)21-19(18-7-1-2-9-20(18)24-21)8-4-12-25-13-10-23-11-14-25/h1-3,5-7,9,15,23-24H,4,8,10-14H2. The van der Waals surface area contributed by atoms with Crippen LogP contribution in [0.25, 0.3) is 22.2 Å². The van der Waals surface area contributed by atoms with Gasteiger partial charge in [-0.3, -0.25) is 0 Å². The van der Waals surface area contributed by atoms with Crippen LogP contribution in [-0.2, 0) is 6.42 Å². The Bertz CT molecular complexity index is 849. The molecular formula is C21H24ClN3. The summed E-state index contributed by atoms with van der Waals surface area (Å²) in [6, 6.07) is 16.7. The van der Waals surface area contributed by atoms with Crippen LogP contribution in [0.1, 0.15) is 12.0 Å². The molecule has 3 nitrogen and oxygen atoms in total. The number of rotatable bonds is 5. The number of H-pyrrole nitrogens is 1. The molecule has 0 spiro atoms. The first-order chi connectivity index (χ1) is 12.3. The lowest BCUT2D eigenvalue weighted by atomic mass is 10.0. The highest BCUT2D eigenvalue weighted by Gasteiger charge is 2.14. The SMILES string of the molecule is Clc1cccc(-c2[nH]c3ccccc3c2CCCN2CCNCC2)c1. The Labute approximate surface area is 154 Å². The van der Waals surface area contributed by atoms with E-state index in [0.717, 1.165) is 44.2 Å². The molecule has 0 radical (unpaired) electrons. The predicted molar refractivity (Wildman–Crippen MR) is 106 cm³/mol. The Morgan fingerprint density at radius 1 is 1.00 bits per heavy atom. The zero-order valence-corrected chi connectivity index (χ0v) is 15.1. The van der Waals surface area contributed by atoms with Gasteiger partial charge in [-0.25, -0.2) is 0 Å². The highest BCUT2D eigenvalue weighted by atomic mass is 35.5. The van der Waals surface area contributed by atoms with Crippen molar-refractivity contribution in [2.75, 3.05) is 32.7 Å². The minimum absolute atomic E-state index is 0.780. The molecule has 1 saturated heterocycles. The molecule has 0 bridgehead atoms. The minimum Gasteiger partial charge on any atom is -0.354 e. The van der Waals surface area contributed by atoms with E-state index in [1.807, 2.05) is 18.2 Å². The zero-order valence-electron chi connectivity index (χ0n) is 14.4. The number of hydrogen-bond acceptors (Lipinski definition) is 2. The van der Waals surface area contributed by atoms with Crippen molar-refractivity contribution >= 4 is 22.5 Å². The quantitative estimate of drug-likeness (QED) is 0.715. The molecule has 130 valence electrons. The van der Waals surface area contributed by atoms with E-state index in [2.05, 4.69) is 45.5 Å². The summed E-state index contributed by atoms with van der Waals surface area (Å²) in [4.78, 5) is 6.17. The van der Waals surface area contributed by atoms with Gasteiger partial charge in [0.25, 0.3) is 0 Å². The van der Waals surface area contributed by atoms with Crippen LogP contribution in [-0.4, -0.2) is 42.6 Å². The van der Waals surface area contributed by atoms with E-state index < -0.39 is 0 Å². The average molecular weight is 354 g/mol. The summed E-state index contributed by atoms with van der Waals surface area (Å²) in [5, 5.41) is 5.53. The molecule has 4 heteroatoms. The summed E-state index contributed by atoms with van der Waals surface area (Å²) in [5.41, 5.74) is 4.99. The molecule has 0 amide bonds. The van der Waals surface area contributed by atoms with Crippen LogP contribution in [0, 0.1) is 0 Å². The van der Waals surface area contributed by atoms with E-state index in [1.165, 1.54) is 34.1 Å². The van der Waals surface area contributed by atoms with E-state index in [4.69, 9.17) is 11.6 Å².